The molecule has 1 aromatic heterocycles. The summed E-state index contributed by atoms with van der Waals surface area (Å²) in [5, 5.41) is 18.9. The van der Waals surface area contributed by atoms with E-state index in [0.717, 1.165) is 16.8 Å². The van der Waals surface area contributed by atoms with Crippen molar-refractivity contribution in [3.05, 3.63) is 66.4 Å². The fourth-order valence-corrected chi connectivity index (χ4v) is 2.46. The second kappa shape index (κ2) is 10.4. The molecule has 141 valence electrons. The Morgan fingerprint density at radius 3 is 2.27 bits per heavy atom. The number of aliphatic hydroxyl groups excluding tert-OH is 2. The van der Waals surface area contributed by atoms with E-state index in [0.29, 0.717) is 17.7 Å². The van der Waals surface area contributed by atoms with Gasteiger partial charge < -0.3 is 15.2 Å². The van der Waals surface area contributed by atoms with Crippen molar-refractivity contribution in [2.75, 3.05) is 0 Å². The minimum absolute atomic E-state index is 0. The molecular weight excluding hydrogens is 516 g/mol. The SMILES string of the molecule is CC(O)CC(C)O.Fc1[c-]c(-c2nccc3ccccc23)cc(F)c1.[Ir]. The molecule has 0 aliphatic carbocycles. The van der Waals surface area contributed by atoms with Crippen LogP contribution in [0.2, 0.25) is 0 Å². The number of hydrogen-bond acceptors (Lipinski definition) is 3. The molecular formula is C20H20F2IrNO2-. The summed E-state index contributed by atoms with van der Waals surface area (Å²) in [5.74, 6) is -1.35. The van der Waals surface area contributed by atoms with Crippen LogP contribution in [-0.2, 0) is 20.1 Å². The second-order valence-electron chi connectivity index (χ2n) is 5.87. The smallest absolute Gasteiger partial charge is 0.0536 e. The predicted molar refractivity (Wildman–Crippen MR) is 93.9 cm³/mol. The Kier molecular flexibility index (Phi) is 8.96. The summed E-state index contributed by atoms with van der Waals surface area (Å²) < 4.78 is 26.4. The molecule has 6 heteroatoms. The van der Waals surface area contributed by atoms with Gasteiger partial charge in [-0.05, 0) is 42.8 Å². The summed E-state index contributed by atoms with van der Waals surface area (Å²) >= 11 is 0. The van der Waals surface area contributed by atoms with E-state index in [1.165, 1.54) is 6.07 Å². The maximum absolute atomic E-state index is 13.2. The van der Waals surface area contributed by atoms with Gasteiger partial charge in [0.1, 0.15) is 0 Å². The molecule has 3 aromatic rings. The van der Waals surface area contributed by atoms with E-state index in [1.54, 1.807) is 20.0 Å². The Labute approximate surface area is 165 Å². The minimum Gasteiger partial charge on any atom is -0.393 e. The summed E-state index contributed by atoms with van der Waals surface area (Å²) in [5.41, 5.74) is 0.857. The first-order valence-electron chi connectivity index (χ1n) is 7.95. The van der Waals surface area contributed by atoms with Gasteiger partial charge in [0.15, 0.2) is 0 Å². The van der Waals surface area contributed by atoms with Crippen LogP contribution in [0.25, 0.3) is 22.0 Å². The molecule has 0 saturated carbocycles. The van der Waals surface area contributed by atoms with E-state index < -0.39 is 11.6 Å². The molecule has 26 heavy (non-hydrogen) atoms. The number of benzene rings is 2. The Hall–Kier alpha value is -1.72. The number of aliphatic hydroxyl groups is 2. The number of halogens is 2. The molecule has 3 rings (SSSR count). The molecule has 0 bridgehead atoms. The van der Waals surface area contributed by atoms with Crippen molar-refractivity contribution >= 4 is 10.8 Å². The fourth-order valence-electron chi connectivity index (χ4n) is 2.46. The quantitative estimate of drug-likeness (QED) is 0.496. The third kappa shape index (κ3) is 6.54. The van der Waals surface area contributed by atoms with Crippen LogP contribution in [0.1, 0.15) is 20.3 Å². The van der Waals surface area contributed by atoms with Crippen LogP contribution in [0.3, 0.4) is 0 Å². The number of fused-ring (bicyclic) bond motifs is 1. The van der Waals surface area contributed by atoms with Crippen LogP contribution in [0.5, 0.6) is 0 Å². The molecule has 0 spiro atoms. The van der Waals surface area contributed by atoms with Crippen molar-refractivity contribution < 1.29 is 39.1 Å². The van der Waals surface area contributed by atoms with Crippen molar-refractivity contribution in [1.82, 2.24) is 4.98 Å². The number of rotatable bonds is 3. The first kappa shape index (κ1) is 22.3. The molecule has 2 N–H and O–H groups in total. The molecule has 2 unspecified atom stereocenters. The van der Waals surface area contributed by atoms with Crippen LogP contribution in [0, 0.1) is 17.7 Å². The monoisotopic (exact) mass is 537 g/mol. The van der Waals surface area contributed by atoms with Crippen molar-refractivity contribution in [3.63, 3.8) is 0 Å². The normalized spacial score (nSPS) is 12.5. The van der Waals surface area contributed by atoms with E-state index in [-0.39, 0.29) is 32.3 Å². The molecule has 2 aromatic carbocycles. The fraction of sp³-hybridized carbons (Fsp3) is 0.250. The van der Waals surface area contributed by atoms with Gasteiger partial charge in [0.05, 0.1) is 12.2 Å². The van der Waals surface area contributed by atoms with Crippen molar-refractivity contribution in [1.29, 1.82) is 0 Å². The summed E-state index contributed by atoms with van der Waals surface area (Å²) in [4.78, 5) is 4.19. The van der Waals surface area contributed by atoms with E-state index in [9.17, 15) is 8.78 Å². The van der Waals surface area contributed by atoms with E-state index in [1.807, 2.05) is 30.3 Å². The van der Waals surface area contributed by atoms with Crippen molar-refractivity contribution in [3.8, 4) is 11.3 Å². The van der Waals surface area contributed by atoms with Gasteiger partial charge in [-0.15, -0.1) is 17.7 Å². The number of nitrogens with zero attached hydrogens (tertiary/aromatic N) is 1. The van der Waals surface area contributed by atoms with Gasteiger partial charge in [-0.3, -0.25) is 0 Å². The molecule has 0 fully saturated rings. The average Bonchev–Trinajstić information content (AvgIpc) is 2.52. The minimum atomic E-state index is -0.722. The van der Waals surface area contributed by atoms with Crippen LogP contribution in [0.15, 0.2) is 48.7 Å². The Balaban J connectivity index is 0.000000366. The zero-order valence-electron chi connectivity index (χ0n) is 14.4. The van der Waals surface area contributed by atoms with Gasteiger partial charge >= 0.3 is 0 Å². The first-order chi connectivity index (χ1) is 11.9. The molecule has 0 aliphatic heterocycles. The molecule has 0 saturated heterocycles. The summed E-state index contributed by atoms with van der Waals surface area (Å²) in [6.07, 6.45) is 1.34. The van der Waals surface area contributed by atoms with Gasteiger partial charge in [-0.25, -0.2) is 8.78 Å². The number of aromatic nitrogens is 1. The molecule has 1 radical (unpaired) electrons. The van der Waals surface area contributed by atoms with Gasteiger partial charge in [-0.1, -0.05) is 30.3 Å². The maximum atomic E-state index is 13.2. The van der Waals surface area contributed by atoms with Crippen LogP contribution < -0.4 is 0 Å². The van der Waals surface area contributed by atoms with Gasteiger partial charge in [-0.2, -0.15) is 0 Å². The van der Waals surface area contributed by atoms with Gasteiger partial charge in [0.2, 0.25) is 0 Å². The Bertz CT molecular complexity index is 809. The summed E-state index contributed by atoms with van der Waals surface area (Å²) in [7, 11) is 0. The topological polar surface area (TPSA) is 53.4 Å². The van der Waals surface area contributed by atoms with Crippen molar-refractivity contribution in [2.24, 2.45) is 0 Å². The first-order valence-corrected chi connectivity index (χ1v) is 7.95. The van der Waals surface area contributed by atoms with E-state index in [2.05, 4.69) is 11.1 Å². The second-order valence-corrected chi connectivity index (χ2v) is 5.87. The third-order valence-electron chi connectivity index (χ3n) is 3.41. The average molecular weight is 537 g/mol. The van der Waals surface area contributed by atoms with Crippen LogP contribution >= 0.6 is 0 Å². The van der Waals surface area contributed by atoms with Gasteiger partial charge in [0, 0.05) is 37.9 Å². The standard InChI is InChI=1S/C15H8F2N.C5H12O2.Ir/c16-12-7-11(8-13(17)9-12)15-14-4-2-1-3-10(14)5-6-18-15;1-4(6)3-5(2)7;/h1-7,9H;4-7H,3H2,1-2H3;/q-1;;. The molecule has 1 heterocycles. The zero-order chi connectivity index (χ0) is 18.4. The zero-order valence-corrected chi connectivity index (χ0v) is 16.8. The number of pyridine rings is 1. The molecule has 2 atom stereocenters. The number of hydrogen-bond donors (Lipinski definition) is 2. The largest absolute Gasteiger partial charge is 0.393 e. The summed E-state index contributed by atoms with van der Waals surface area (Å²) in [6.45, 7) is 3.32. The Morgan fingerprint density at radius 1 is 1.04 bits per heavy atom. The van der Waals surface area contributed by atoms with E-state index >= 15 is 0 Å². The summed E-state index contributed by atoms with van der Waals surface area (Å²) in [6, 6.07) is 13.9. The van der Waals surface area contributed by atoms with Crippen LogP contribution in [0.4, 0.5) is 8.78 Å². The third-order valence-corrected chi connectivity index (χ3v) is 3.41. The molecule has 3 nitrogen and oxygen atoms in total. The van der Waals surface area contributed by atoms with E-state index in [4.69, 9.17) is 10.2 Å². The van der Waals surface area contributed by atoms with Gasteiger partial charge in [0.25, 0.3) is 0 Å². The maximum Gasteiger partial charge on any atom is 0.0536 e. The molecule has 0 aliphatic rings. The predicted octanol–water partition coefficient (Wildman–Crippen LogP) is 4.12. The van der Waals surface area contributed by atoms with Crippen molar-refractivity contribution in [2.45, 2.75) is 32.5 Å². The van der Waals surface area contributed by atoms with Crippen LogP contribution in [-0.4, -0.2) is 27.4 Å². The Morgan fingerprint density at radius 2 is 1.69 bits per heavy atom. The molecule has 0 amide bonds.